The molecule has 1 amide bonds. The number of nitrogens with one attached hydrogen (secondary N) is 1. The maximum absolute atomic E-state index is 11.0. The minimum Gasteiger partial charge on any atom is -0.450 e. The van der Waals surface area contributed by atoms with Crippen molar-refractivity contribution in [2.45, 2.75) is 45.7 Å². The van der Waals surface area contributed by atoms with E-state index >= 15 is 0 Å². The summed E-state index contributed by atoms with van der Waals surface area (Å²) in [5.74, 6) is 0. The van der Waals surface area contributed by atoms with Crippen LogP contribution >= 0.6 is 0 Å². The molecule has 0 saturated heterocycles. The fraction of sp³-hybridized carbons (Fsp3) is 0.889. The van der Waals surface area contributed by atoms with E-state index in [9.17, 15) is 4.79 Å². The minimum atomic E-state index is -0.408. The van der Waals surface area contributed by atoms with Crippen molar-refractivity contribution in [3.63, 3.8) is 0 Å². The average Bonchev–Trinajstić information content (AvgIpc) is 2.05. The van der Waals surface area contributed by atoms with Crippen molar-refractivity contribution in [1.29, 1.82) is 0 Å². The second kappa shape index (κ2) is 7.86. The number of nitrogens with two attached hydrogens (primary N) is 1. The van der Waals surface area contributed by atoms with Crippen molar-refractivity contribution in [1.82, 2.24) is 5.32 Å². The van der Waals surface area contributed by atoms with E-state index in [-0.39, 0.29) is 6.17 Å². The maximum atomic E-state index is 11.0. The number of unbranched alkanes of at least 4 members (excludes halogenated alkanes) is 1. The highest BCUT2D eigenvalue weighted by Gasteiger charge is 2.06. The van der Waals surface area contributed by atoms with Gasteiger partial charge in [-0.2, -0.15) is 0 Å². The summed E-state index contributed by atoms with van der Waals surface area (Å²) in [6.07, 6.45) is 2.97. The highest BCUT2D eigenvalue weighted by atomic mass is 16.5. The molecule has 0 radical (unpaired) electrons. The Kier molecular flexibility index (Phi) is 7.39. The standard InChI is InChI=1S/C9H20N2O2/c1-3-5-7-13-9(12)11-8(10)6-4-2/h8H,3-7,10H2,1-2H3,(H,11,12). The zero-order chi connectivity index (χ0) is 10.1. The first-order valence-corrected chi connectivity index (χ1v) is 4.89. The van der Waals surface area contributed by atoms with E-state index in [0.717, 1.165) is 25.7 Å². The molecule has 0 aliphatic carbocycles. The van der Waals surface area contributed by atoms with Crippen LogP contribution in [0.2, 0.25) is 0 Å². The van der Waals surface area contributed by atoms with Crippen molar-refractivity contribution >= 4 is 6.09 Å². The smallest absolute Gasteiger partial charge is 0.408 e. The number of rotatable bonds is 6. The largest absolute Gasteiger partial charge is 0.450 e. The molecule has 4 nitrogen and oxygen atoms in total. The Morgan fingerprint density at radius 3 is 2.69 bits per heavy atom. The molecule has 0 rings (SSSR count). The van der Waals surface area contributed by atoms with Crippen LogP contribution < -0.4 is 11.1 Å². The van der Waals surface area contributed by atoms with Crippen molar-refractivity contribution < 1.29 is 9.53 Å². The first kappa shape index (κ1) is 12.2. The Bertz CT molecular complexity index is 140. The zero-order valence-corrected chi connectivity index (χ0v) is 8.51. The lowest BCUT2D eigenvalue weighted by molar-refractivity contribution is 0.140. The molecule has 0 aliphatic rings. The molecule has 0 aromatic rings. The average molecular weight is 188 g/mol. The van der Waals surface area contributed by atoms with Gasteiger partial charge in [-0.15, -0.1) is 0 Å². The van der Waals surface area contributed by atoms with Crippen molar-refractivity contribution in [3.05, 3.63) is 0 Å². The van der Waals surface area contributed by atoms with E-state index in [4.69, 9.17) is 10.5 Å². The van der Waals surface area contributed by atoms with Crippen LogP contribution in [0.1, 0.15) is 39.5 Å². The van der Waals surface area contributed by atoms with Crippen molar-refractivity contribution in [3.8, 4) is 0 Å². The topological polar surface area (TPSA) is 64.3 Å². The highest BCUT2D eigenvalue weighted by molar-refractivity contribution is 5.67. The van der Waals surface area contributed by atoms with Gasteiger partial charge >= 0.3 is 6.09 Å². The summed E-state index contributed by atoms with van der Waals surface area (Å²) in [5.41, 5.74) is 5.58. The summed E-state index contributed by atoms with van der Waals surface area (Å²) in [6.45, 7) is 4.54. The molecule has 3 N–H and O–H groups in total. The Balaban J connectivity index is 3.38. The van der Waals surface area contributed by atoms with E-state index in [1.165, 1.54) is 0 Å². The number of ether oxygens (including phenoxy) is 1. The highest BCUT2D eigenvalue weighted by Crippen LogP contribution is 1.92. The molecular formula is C9H20N2O2. The van der Waals surface area contributed by atoms with E-state index in [2.05, 4.69) is 5.32 Å². The fourth-order valence-electron chi connectivity index (χ4n) is 0.885. The lowest BCUT2D eigenvalue weighted by Crippen LogP contribution is -2.41. The summed E-state index contributed by atoms with van der Waals surface area (Å²) in [7, 11) is 0. The number of hydrogen-bond acceptors (Lipinski definition) is 3. The van der Waals surface area contributed by atoms with Gasteiger partial charge in [0.1, 0.15) is 0 Å². The third-order valence-electron chi connectivity index (χ3n) is 1.63. The normalized spacial score (nSPS) is 12.2. The molecule has 0 aromatic heterocycles. The van der Waals surface area contributed by atoms with E-state index in [1.54, 1.807) is 0 Å². The zero-order valence-electron chi connectivity index (χ0n) is 8.51. The lowest BCUT2D eigenvalue weighted by Gasteiger charge is -2.12. The molecule has 1 atom stereocenters. The van der Waals surface area contributed by atoms with Gasteiger partial charge in [0.15, 0.2) is 0 Å². The van der Waals surface area contributed by atoms with Crippen LogP contribution in [0, 0.1) is 0 Å². The number of carbonyl (C=O) groups is 1. The van der Waals surface area contributed by atoms with E-state index in [0.29, 0.717) is 6.61 Å². The predicted octanol–water partition coefficient (Wildman–Crippen LogP) is 1.60. The molecular weight excluding hydrogens is 168 g/mol. The second-order valence-electron chi connectivity index (χ2n) is 3.03. The minimum absolute atomic E-state index is 0.279. The maximum Gasteiger partial charge on any atom is 0.408 e. The molecule has 0 saturated carbocycles. The van der Waals surface area contributed by atoms with Crippen LogP contribution in [0.25, 0.3) is 0 Å². The van der Waals surface area contributed by atoms with Gasteiger partial charge in [0, 0.05) is 0 Å². The Morgan fingerprint density at radius 1 is 1.46 bits per heavy atom. The van der Waals surface area contributed by atoms with Crippen LogP contribution in [0.3, 0.4) is 0 Å². The van der Waals surface area contributed by atoms with Crippen LogP contribution in [-0.4, -0.2) is 18.9 Å². The van der Waals surface area contributed by atoms with Crippen LogP contribution in [0.15, 0.2) is 0 Å². The van der Waals surface area contributed by atoms with Crippen LogP contribution in [-0.2, 0) is 4.74 Å². The summed E-state index contributed by atoms with van der Waals surface area (Å²) >= 11 is 0. The van der Waals surface area contributed by atoms with Gasteiger partial charge in [0.2, 0.25) is 0 Å². The number of hydrogen-bond donors (Lipinski definition) is 2. The molecule has 13 heavy (non-hydrogen) atoms. The molecule has 0 spiro atoms. The van der Waals surface area contributed by atoms with E-state index < -0.39 is 6.09 Å². The van der Waals surface area contributed by atoms with Gasteiger partial charge in [0.05, 0.1) is 12.8 Å². The molecule has 1 unspecified atom stereocenters. The molecule has 0 fully saturated rings. The van der Waals surface area contributed by atoms with Crippen molar-refractivity contribution in [2.75, 3.05) is 6.61 Å². The quantitative estimate of drug-likeness (QED) is 0.491. The first-order chi connectivity index (χ1) is 6.20. The SMILES string of the molecule is CCCCOC(=O)NC(N)CCC. The van der Waals surface area contributed by atoms with E-state index in [1.807, 2.05) is 13.8 Å². The van der Waals surface area contributed by atoms with Gasteiger partial charge in [-0.3, -0.25) is 0 Å². The van der Waals surface area contributed by atoms with Gasteiger partial charge in [0.25, 0.3) is 0 Å². The Labute approximate surface area is 79.8 Å². The Morgan fingerprint density at radius 2 is 2.15 bits per heavy atom. The van der Waals surface area contributed by atoms with Gasteiger partial charge in [-0.25, -0.2) is 4.79 Å². The van der Waals surface area contributed by atoms with Gasteiger partial charge in [-0.05, 0) is 12.8 Å². The number of amides is 1. The molecule has 4 heteroatoms. The van der Waals surface area contributed by atoms with Crippen molar-refractivity contribution in [2.24, 2.45) is 5.73 Å². The van der Waals surface area contributed by atoms with Gasteiger partial charge < -0.3 is 15.8 Å². The number of alkyl carbamates (subject to hydrolysis) is 1. The third-order valence-corrected chi connectivity index (χ3v) is 1.63. The van der Waals surface area contributed by atoms with Gasteiger partial charge in [-0.1, -0.05) is 26.7 Å². The Hall–Kier alpha value is -0.770. The van der Waals surface area contributed by atoms with Crippen LogP contribution in [0.4, 0.5) is 4.79 Å². The fourth-order valence-corrected chi connectivity index (χ4v) is 0.885. The summed E-state index contributed by atoms with van der Waals surface area (Å²) in [4.78, 5) is 11.0. The predicted molar refractivity (Wildman–Crippen MR) is 52.3 cm³/mol. The van der Waals surface area contributed by atoms with Crippen LogP contribution in [0.5, 0.6) is 0 Å². The first-order valence-electron chi connectivity index (χ1n) is 4.89. The monoisotopic (exact) mass is 188 g/mol. The third kappa shape index (κ3) is 7.59. The molecule has 78 valence electrons. The molecule has 0 bridgehead atoms. The summed E-state index contributed by atoms with van der Waals surface area (Å²) in [6, 6.07) is 0. The molecule has 0 aromatic carbocycles. The lowest BCUT2D eigenvalue weighted by atomic mass is 10.3. The second-order valence-corrected chi connectivity index (χ2v) is 3.03. The molecule has 0 heterocycles. The number of carbonyl (C=O) groups excluding carboxylic acids is 1. The molecule has 0 aliphatic heterocycles. The summed E-state index contributed by atoms with van der Waals surface area (Å²) < 4.78 is 4.87. The summed E-state index contributed by atoms with van der Waals surface area (Å²) in [5, 5.41) is 2.56.